The highest BCUT2D eigenvalue weighted by molar-refractivity contribution is 5.74. The summed E-state index contributed by atoms with van der Waals surface area (Å²) in [6.45, 7) is 6.42. The number of nitrogen functional groups attached to an aromatic ring is 1. The molecule has 0 amide bonds. The highest BCUT2D eigenvalue weighted by Gasteiger charge is 2.23. The van der Waals surface area contributed by atoms with Gasteiger partial charge in [0.15, 0.2) is 0 Å². The number of hydrogen-bond donors (Lipinski definition) is 3. The van der Waals surface area contributed by atoms with Crippen LogP contribution >= 0.6 is 0 Å². The van der Waals surface area contributed by atoms with Crippen LogP contribution < -0.4 is 21.1 Å². The van der Waals surface area contributed by atoms with E-state index < -0.39 is 4.92 Å². The number of nitro groups is 1. The number of nitrogens with one attached hydrogen (secondary N) is 2. The summed E-state index contributed by atoms with van der Waals surface area (Å²) in [5, 5.41) is 17.3. The Labute approximate surface area is 145 Å². The van der Waals surface area contributed by atoms with Crippen LogP contribution in [0.4, 0.5) is 29.0 Å². The zero-order chi connectivity index (χ0) is 18.4. The molecule has 134 valence electrons. The maximum atomic E-state index is 11.3. The first kappa shape index (κ1) is 18.2. The Morgan fingerprint density at radius 1 is 1.28 bits per heavy atom. The SMILES string of the molecule is CCOc1ccc(Nc2nc(N[C@@H](C)CC)nc(N)c2[N+](=O)[O-])cc1. The van der Waals surface area contributed by atoms with Crippen molar-refractivity contribution in [2.45, 2.75) is 33.2 Å². The average Bonchev–Trinajstić information content (AvgIpc) is 2.56. The van der Waals surface area contributed by atoms with Crippen LogP contribution in [0.15, 0.2) is 24.3 Å². The summed E-state index contributed by atoms with van der Waals surface area (Å²) in [4.78, 5) is 18.9. The van der Waals surface area contributed by atoms with Gasteiger partial charge >= 0.3 is 5.69 Å². The second-order valence-corrected chi connectivity index (χ2v) is 5.42. The third-order valence-electron chi connectivity index (χ3n) is 3.51. The fourth-order valence-corrected chi connectivity index (χ4v) is 2.06. The van der Waals surface area contributed by atoms with E-state index in [4.69, 9.17) is 10.5 Å². The van der Waals surface area contributed by atoms with E-state index >= 15 is 0 Å². The van der Waals surface area contributed by atoms with E-state index in [1.807, 2.05) is 20.8 Å². The van der Waals surface area contributed by atoms with Gasteiger partial charge in [-0.2, -0.15) is 9.97 Å². The lowest BCUT2D eigenvalue weighted by Crippen LogP contribution is -2.17. The van der Waals surface area contributed by atoms with Gasteiger partial charge < -0.3 is 21.1 Å². The van der Waals surface area contributed by atoms with Crippen molar-refractivity contribution in [3.05, 3.63) is 34.4 Å². The quantitative estimate of drug-likeness (QED) is 0.490. The molecule has 9 heteroatoms. The van der Waals surface area contributed by atoms with Crippen LogP contribution in [0.5, 0.6) is 5.75 Å². The highest BCUT2D eigenvalue weighted by Crippen LogP contribution is 2.32. The summed E-state index contributed by atoms with van der Waals surface area (Å²) in [7, 11) is 0. The van der Waals surface area contributed by atoms with Gasteiger partial charge in [-0.3, -0.25) is 10.1 Å². The molecule has 0 aliphatic heterocycles. The third kappa shape index (κ3) is 4.69. The molecule has 2 aromatic rings. The summed E-state index contributed by atoms with van der Waals surface area (Å²) in [5.74, 6) is 0.793. The summed E-state index contributed by atoms with van der Waals surface area (Å²) >= 11 is 0. The second-order valence-electron chi connectivity index (χ2n) is 5.42. The Bertz CT molecular complexity index is 735. The Balaban J connectivity index is 2.34. The minimum Gasteiger partial charge on any atom is -0.494 e. The Hall–Kier alpha value is -3.10. The van der Waals surface area contributed by atoms with E-state index in [1.54, 1.807) is 24.3 Å². The summed E-state index contributed by atoms with van der Waals surface area (Å²) in [6.07, 6.45) is 0.849. The van der Waals surface area contributed by atoms with Gasteiger partial charge in [-0.1, -0.05) is 6.92 Å². The molecular formula is C16H22N6O3. The van der Waals surface area contributed by atoms with Crippen LogP contribution in [0, 0.1) is 10.1 Å². The number of ether oxygens (including phenoxy) is 1. The van der Waals surface area contributed by atoms with Gasteiger partial charge in [0.2, 0.25) is 17.6 Å². The highest BCUT2D eigenvalue weighted by atomic mass is 16.6. The van der Waals surface area contributed by atoms with E-state index in [0.29, 0.717) is 18.0 Å². The molecule has 1 aromatic carbocycles. The van der Waals surface area contributed by atoms with Crippen molar-refractivity contribution in [3.63, 3.8) is 0 Å². The van der Waals surface area contributed by atoms with Gasteiger partial charge in [-0.15, -0.1) is 0 Å². The molecule has 9 nitrogen and oxygen atoms in total. The first-order valence-corrected chi connectivity index (χ1v) is 8.02. The van der Waals surface area contributed by atoms with E-state index in [-0.39, 0.29) is 29.3 Å². The lowest BCUT2D eigenvalue weighted by atomic mass is 10.3. The number of rotatable bonds is 8. The van der Waals surface area contributed by atoms with Crippen molar-refractivity contribution in [2.24, 2.45) is 0 Å². The van der Waals surface area contributed by atoms with Crippen molar-refractivity contribution < 1.29 is 9.66 Å². The maximum absolute atomic E-state index is 11.3. The number of nitrogens with two attached hydrogens (primary N) is 1. The fourth-order valence-electron chi connectivity index (χ4n) is 2.06. The first-order valence-electron chi connectivity index (χ1n) is 8.02. The van der Waals surface area contributed by atoms with Crippen molar-refractivity contribution >= 4 is 29.0 Å². The predicted octanol–water partition coefficient (Wildman–Crippen LogP) is 3.32. The van der Waals surface area contributed by atoms with Gasteiger partial charge in [0.05, 0.1) is 11.5 Å². The molecule has 1 aromatic heterocycles. The molecule has 0 fully saturated rings. The lowest BCUT2D eigenvalue weighted by molar-refractivity contribution is -0.383. The van der Waals surface area contributed by atoms with Crippen molar-refractivity contribution in [2.75, 3.05) is 23.0 Å². The van der Waals surface area contributed by atoms with Crippen LogP contribution in [0.1, 0.15) is 27.2 Å². The molecule has 0 spiro atoms. The van der Waals surface area contributed by atoms with E-state index in [0.717, 1.165) is 6.42 Å². The van der Waals surface area contributed by atoms with Gasteiger partial charge in [0, 0.05) is 11.7 Å². The predicted molar refractivity (Wildman–Crippen MR) is 97.4 cm³/mol. The number of nitrogens with zero attached hydrogens (tertiary/aromatic N) is 3. The van der Waals surface area contributed by atoms with Gasteiger partial charge in [-0.25, -0.2) is 0 Å². The molecule has 1 atom stereocenters. The van der Waals surface area contributed by atoms with Crippen molar-refractivity contribution in [1.29, 1.82) is 0 Å². The van der Waals surface area contributed by atoms with Crippen LogP contribution in [0.3, 0.4) is 0 Å². The van der Waals surface area contributed by atoms with Gasteiger partial charge in [0.25, 0.3) is 0 Å². The zero-order valence-corrected chi connectivity index (χ0v) is 14.4. The maximum Gasteiger partial charge on any atom is 0.353 e. The van der Waals surface area contributed by atoms with Crippen LogP contribution in [0.2, 0.25) is 0 Å². The number of benzene rings is 1. The van der Waals surface area contributed by atoms with E-state index in [1.165, 1.54) is 0 Å². The molecule has 0 saturated carbocycles. The number of anilines is 4. The minimum absolute atomic E-state index is 0.0347. The first-order chi connectivity index (χ1) is 11.9. The zero-order valence-electron chi connectivity index (χ0n) is 14.4. The number of aromatic nitrogens is 2. The molecule has 4 N–H and O–H groups in total. The fraction of sp³-hybridized carbons (Fsp3) is 0.375. The summed E-state index contributed by atoms with van der Waals surface area (Å²) in [5.41, 5.74) is 6.03. The number of hydrogen-bond acceptors (Lipinski definition) is 8. The van der Waals surface area contributed by atoms with Crippen molar-refractivity contribution in [1.82, 2.24) is 9.97 Å². The van der Waals surface area contributed by atoms with E-state index in [9.17, 15) is 10.1 Å². The van der Waals surface area contributed by atoms with Crippen LogP contribution in [-0.4, -0.2) is 27.5 Å². The molecule has 25 heavy (non-hydrogen) atoms. The van der Waals surface area contributed by atoms with Gasteiger partial charge in [0.1, 0.15) is 5.75 Å². The smallest absolute Gasteiger partial charge is 0.353 e. The topological polar surface area (TPSA) is 128 Å². The normalized spacial score (nSPS) is 11.6. The van der Waals surface area contributed by atoms with E-state index in [2.05, 4.69) is 20.6 Å². The molecule has 0 radical (unpaired) electrons. The molecule has 0 bridgehead atoms. The van der Waals surface area contributed by atoms with Crippen LogP contribution in [0.25, 0.3) is 0 Å². The molecule has 0 aliphatic carbocycles. The second kappa shape index (κ2) is 8.13. The third-order valence-corrected chi connectivity index (χ3v) is 3.51. The monoisotopic (exact) mass is 346 g/mol. The minimum atomic E-state index is -0.598. The molecule has 2 rings (SSSR count). The molecule has 0 saturated heterocycles. The molecule has 0 aliphatic rings. The summed E-state index contributed by atoms with van der Waals surface area (Å²) < 4.78 is 5.38. The standard InChI is InChI=1S/C16H22N6O3/c1-4-10(3)18-16-20-14(17)13(22(23)24)15(21-16)19-11-6-8-12(9-7-11)25-5-2/h6-10H,4-5H2,1-3H3,(H4,17,18,19,20,21)/t10-/m0/s1. The Morgan fingerprint density at radius 2 is 1.96 bits per heavy atom. The Kier molecular flexibility index (Phi) is 5.93. The van der Waals surface area contributed by atoms with Crippen LogP contribution in [-0.2, 0) is 0 Å². The van der Waals surface area contributed by atoms with Gasteiger partial charge in [-0.05, 0) is 44.5 Å². The summed E-state index contributed by atoms with van der Waals surface area (Å²) in [6, 6.07) is 7.13. The molecule has 0 unspecified atom stereocenters. The average molecular weight is 346 g/mol. The Morgan fingerprint density at radius 3 is 2.52 bits per heavy atom. The van der Waals surface area contributed by atoms with Crippen molar-refractivity contribution in [3.8, 4) is 5.75 Å². The lowest BCUT2D eigenvalue weighted by Gasteiger charge is -2.14. The molecular weight excluding hydrogens is 324 g/mol. The molecule has 1 heterocycles. The largest absolute Gasteiger partial charge is 0.494 e.